The van der Waals surface area contributed by atoms with E-state index in [1.54, 1.807) is 24.3 Å². The van der Waals surface area contributed by atoms with Gasteiger partial charge in [-0.15, -0.1) is 0 Å². The topological polar surface area (TPSA) is 105 Å². The molecule has 1 fully saturated rings. The molecule has 0 unspecified atom stereocenters. The second-order valence-corrected chi connectivity index (χ2v) is 5.19. The van der Waals surface area contributed by atoms with Crippen LogP contribution in [0.1, 0.15) is 12.6 Å². The third-order valence-electron chi connectivity index (χ3n) is 3.75. The number of nitrogens with zero attached hydrogens (tertiary/aromatic N) is 1. The van der Waals surface area contributed by atoms with Gasteiger partial charge in [-0.1, -0.05) is 30.3 Å². The van der Waals surface area contributed by atoms with Crippen molar-refractivity contribution in [3.63, 3.8) is 0 Å². The molecule has 3 atom stereocenters. The van der Waals surface area contributed by atoms with Crippen LogP contribution in [-0.4, -0.2) is 38.6 Å². The van der Waals surface area contributed by atoms with Crippen molar-refractivity contribution in [2.75, 3.05) is 6.61 Å². The molecule has 116 valence electrons. The zero-order valence-electron chi connectivity index (χ0n) is 11.7. The van der Waals surface area contributed by atoms with Crippen LogP contribution < -0.4 is 11.2 Å². The number of aromatic amines is 1. The zero-order valence-corrected chi connectivity index (χ0v) is 11.7. The van der Waals surface area contributed by atoms with Crippen LogP contribution in [0, 0.1) is 0 Å². The van der Waals surface area contributed by atoms with Gasteiger partial charge in [0.25, 0.3) is 5.56 Å². The molecule has 22 heavy (non-hydrogen) atoms. The number of aliphatic hydroxyl groups excluding tert-OH is 2. The average molecular weight is 304 g/mol. The molecule has 1 saturated heterocycles. The average Bonchev–Trinajstić information content (AvgIpc) is 2.89. The lowest BCUT2D eigenvalue weighted by atomic mass is 10.1. The van der Waals surface area contributed by atoms with Crippen molar-refractivity contribution in [2.24, 2.45) is 0 Å². The van der Waals surface area contributed by atoms with Crippen molar-refractivity contribution >= 4 is 0 Å². The van der Waals surface area contributed by atoms with Gasteiger partial charge in [0.2, 0.25) is 0 Å². The molecular formula is C15H16N2O5. The molecule has 1 aliphatic rings. The van der Waals surface area contributed by atoms with Crippen LogP contribution in [-0.2, 0) is 4.74 Å². The Kier molecular flexibility index (Phi) is 3.93. The van der Waals surface area contributed by atoms with E-state index in [0.717, 1.165) is 0 Å². The highest BCUT2D eigenvalue weighted by atomic mass is 16.5. The summed E-state index contributed by atoms with van der Waals surface area (Å²) in [6.45, 7) is -0.332. The summed E-state index contributed by atoms with van der Waals surface area (Å²) in [5, 5.41) is 18.9. The first-order chi connectivity index (χ1) is 10.6. The molecule has 3 N–H and O–H groups in total. The fraction of sp³-hybridized carbons (Fsp3) is 0.333. The van der Waals surface area contributed by atoms with Gasteiger partial charge in [-0.3, -0.25) is 14.3 Å². The molecule has 7 nitrogen and oxygen atoms in total. The number of ether oxygens (including phenoxy) is 1. The Morgan fingerprint density at radius 1 is 1.27 bits per heavy atom. The zero-order chi connectivity index (χ0) is 15.7. The van der Waals surface area contributed by atoms with Crippen LogP contribution in [0.2, 0.25) is 0 Å². The van der Waals surface area contributed by atoms with Gasteiger partial charge in [0.15, 0.2) is 0 Å². The van der Waals surface area contributed by atoms with E-state index in [0.29, 0.717) is 11.1 Å². The minimum absolute atomic E-state index is 0.172. The fourth-order valence-corrected chi connectivity index (χ4v) is 2.57. The van der Waals surface area contributed by atoms with Crippen molar-refractivity contribution in [2.45, 2.75) is 24.9 Å². The minimum Gasteiger partial charge on any atom is -0.394 e. The first kappa shape index (κ1) is 14.7. The number of aliphatic hydroxyl groups is 2. The summed E-state index contributed by atoms with van der Waals surface area (Å²) >= 11 is 0. The molecule has 2 aromatic rings. The highest BCUT2D eigenvalue weighted by molar-refractivity contribution is 5.60. The van der Waals surface area contributed by atoms with Gasteiger partial charge in [-0.2, -0.15) is 0 Å². The summed E-state index contributed by atoms with van der Waals surface area (Å²) in [6, 6.07) is 8.94. The van der Waals surface area contributed by atoms with Gasteiger partial charge in [-0.25, -0.2) is 4.79 Å². The van der Waals surface area contributed by atoms with E-state index >= 15 is 0 Å². The molecule has 0 spiro atoms. The summed E-state index contributed by atoms with van der Waals surface area (Å²) in [7, 11) is 0. The first-order valence-corrected chi connectivity index (χ1v) is 6.95. The molecule has 3 rings (SSSR count). The Morgan fingerprint density at radius 3 is 2.64 bits per heavy atom. The Hall–Kier alpha value is -2.22. The molecule has 0 aliphatic carbocycles. The molecule has 1 aliphatic heterocycles. The number of benzene rings is 1. The Labute approximate surface area is 125 Å². The molecule has 0 radical (unpaired) electrons. The number of hydrogen-bond donors (Lipinski definition) is 3. The lowest BCUT2D eigenvalue weighted by Gasteiger charge is -2.15. The molecule has 2 heterocycles. The van der Waals surface area contributed by atoms with Crippen LogP contribution in [0.5, 0.6) is 0 Å². The summed E-state index contributed by atoms with van der Waals surface area (Å²) in [5.41, 5.74) is -0.0781. The van der Waals surface area contributed by atoms with Gasteiger partial charge in [-0.05, 0) is 5.56 Å². The van der Waals surface area contributed by atoms with Gasteiger partial charge < -0.3 is 14.9 Å². The van der Waals surface area contributed by atoms with Crippen LogP contribution in [0.25, 0.3) is 11.1 Å². The molecular weight excluding hydrogens is 288 g/mol. The van der Waals surface area contributed by atoms with E-state index in [-0.39, 0.29) is 13.0 Å². The Bertz CT molecular complexity index is 767. The molecule has 0 amide bonds. The van der Waals surface area contributed by atoms with Crippen molar-refractivity contribution in [1.82, 2.24) is 9.55 Å². The van der Waals surface area contributed by atoms with Crippen molar-refractivity contribution in [1.29, 1.82) is 0 Å². The predicted molar refractivity (Wildman–Crippen MR) is 78.4 cm³/mol. The minimum atomic E-state index is -0.853. The van der Waals surface area contributed by atoms with Crippen LogP contribution in [0.4, 0.5) is 0 Å². The van der Waals surface area contributed by atoms with Crippen LogP contribution >= 0.6 is 0 Å². The smallest absolute Gasteiger partial charge is 0.330 e. The number of rotatable bonds is 3. The second-order valence-electron chi connectivity index (χ2n) is 5.19. The quantitative estimate of drug-likeness (QED) is 0.731. The van der Waals surface area contributed by atoms with E-state index < -0.39 is 29.7 Å². The van der Waals surface area contributed by atoms with Gasteiger partial charge in [0, 0.05) is 12.6 Å². The van der Waals surface area contributed by atoms with Crippen molar-refractivity contribution < 1.29 is 14.9 Å². The third-order valence-corrected chi connectivity index (χ3v) is 3.75. The summed E-state index contributed by atoms with van der Waals surface area (Å²) in [4.78, 5) is 26.2. The summed E-state index contributed by atoms with van der Waals surface area (Å²) < 4.78 is 6.70. The van der Waals surface area contributed by atoms with Gasteiger partial charge in [0.1, 0.15) is 12.3 Å². The highest BCUT2D eigenvalue weighted by Gasteiger charge is 2.35. The van der Waals surface area contributed by atoms with E-state index in [9.17, 15) is 14.7 Å². The van der Waals surface area contributed by atoms with Crippen molar-refractivity contribution in [3.8, 4) is 11.1 Å². The Balaban J connectivity index is 2.03. The predicted octanol–water partition coefficient (Wildman–Crippen LogP) is -0.156. The maximum atomic E-state index is 12.0. The van der Waals surface area contributed by atoms with Crippen LogP contribution in [0.3, 0.4) is 0 Å². The standard InChI is InChI=1S/C15H16N2O5/c18-8-12-11(19)6-13(22-12)17-7-10(14(20)16-15(17)21)9-4-2-1-3-5-9/h1-5,7,11-13,18-19H,6,8H2,(H,16,20,21)/t11-,12-,13-/m1/s1. The lowest BCUT2D eigenvalue weighted by molar-refractivity contribution is -0.0458. The number of nitrogens with one attached hydrogen (secondary N) is 1. The Morgan fingerprint density at radius 2 is 2.00 bits per heavy atom. The monoisotopic (exact) mass is 304 g/mol. The summed E-state index contributed by atoms with van der Waals surface area (Å²) in [6.07, 6.45) is -0.712. The largest absolute Gasteiger partial charge is 0.394 e. The molecule has 7 heteroatoms. The second kappa shape index (κ2) is 5.88. The van der Waals surface area contributed by atoms with Crippen LogP contribution in [0.15, 0.2) is 46.1 Å². The summed E-state index contributed by atoms with van der Waals surface area (Å²) in [5.74, 6) is 0. The van der Waals surface area contributed by atoms with E-state index in [4.69, 9.17) is 9.84 Å². The fourth-order valence-electron chi connectivity index (χ4n) is 2.57. The first-order valence-electron chi connectivity index (χ1n) is 6.95. The van der Waals surface area contributed by atoms with Gasteiger partial charge in [0.05, 0.1) is 18.3 Å². The molecule has 0 saturated carbocycles. The van der Waals surface area contributed by atoms with E-state index in [2.05, 4.69) is 4.98 Å². The molecule has 1 aromatic heterocycles. The maximum absolute atomic E-state index is 12.0. The number of aromatic nitrogens is 2. The SMILES string of the molecule is O=c1[nH]c(=O)n([C@H]2C[C@@H](O)[C@@H](CO)O2)cc1-c1ccccc1. The maximum Gasteiger partial charge on any atom is 0.330 e. The van der Waals surface area contributed by atoms with Gasteiger partial charge >= 0.3 is 5.69 Å². The molecule has 0 bridgehead atoms. The number of hydrogen-bond acceptors (Lipinski definition) is 5. The third kappa shape index (κ3) is 2.61. The van der Waals surface area contributed by atoms with E-state index in [1.165, 1.54) is 10.8 Å². The number of H-pyrrole nitrogens is 1. The van der Waals surface area contributed by atoms with E-state index in [1.807, 2.05) is 6.07 Å². The van der Waals surface area contributed by atoms with Crippen molar-refractivity contribution in [3.05, 3.63) is 57.4 Å². The highest BCUT2D eigenvalue weighted by Crippen LogP contribution is 2.27. The normalized spacial score (nSPS) is 24.5. The lowest BCUT2D eigenvalue weighted by Crippen LogP contribution is -2.33. The molecule has 1 aromatic carbocycles.